The topological polar surface area (TPSA) is 68.1 Å². The maximum atomic E-state index is 13.2. The van der Waals surface area contributed by atoms with E-state index in [9.17, 15) is 8.42 Å². The Morgan fingerprint density at radius 1 is 1.06 bits per heavy atom. The minimum absolute atomic E-state index is 0.346. The Morgan fingerprint density at radius 3 is 2.63 bits per heavy atom. The van der Waals surface area contributed by atoms with Crippen molar-refractivity contribution in [1.82, 2.24) is 18.8 Å². The number of fused-ring (bicyclic) bond motifs is 1. The second kappa shape index (κ2) is 10.8. The molecule has 3 heterocycles. The smallest absolute Gasteiger partial charge is 0.243 e. The molecular formula is C26H30N4O2S3. The van der Waals surface area contributed by atoms with Crippen molar-refractivity contribution in [3.63, 3.8) is 0 Å². The maximum Gasteiger partial charge on any atom is 0.243 e. The molecule has 0 aliphatic carbocycles. The summed E-state index contributed by atoms with van der Waals surface area (Å²) in [6, 6.07) is 15.7. The molecule has 0 atom stereocenters. The van der Waals surface area contributed by atoms with E-state index in [4.69, 9.17) is 4.98 Å². The predicted molar refractivity (Wildman–Crippen MR) is 144 cm³/mol. The summed E-state index contributed by atoms with van der Waals surface area (Å²) >= 11 is 3.39. The molecule has 6 nitrogen and oxygen atoms in total. The number of hydrogen-bond donors (Lipinski definition) is 0. The van der Waals surface area contributed by atoms with Crippen LogP contribution in [0.15, 0.2) is 64.8 Å². The molecule has 0 spiro atoms. The highest BCUT2D eigenvalue weighted by Gasteiger charge is 2.26. The lowest BCUT2D eigenvalue weighted by atomic mass is 10.2. The van der Waals surface area contributed by atoms with Gasteiger partial charge in [-0.1, -0.05) is 61.9 Å². The van der Waals surface area contributed by atoms with Gasteiger partial charge in [0.25, 0.3) is 0 Å². The molecule has 0 radical (unpaired) electrons. The fourth-order valence-corrected chi connectivity index (χ4v) is 7.89. The van der Waals surface area contributed by atoms with Gasteiger partial charge in [0, 0.05) is 42.0 Å². The van der Waals surface area contributed by atoms with Crippen molar-refractivity contribution in [2.24, 2.45) is 0 Å². The lowest BCUT2D eigenvalue weighted by Gasteiger charge is -2.25. The summed E-state index contributed by atoms with van der Waals surface area (Å²) in [4.78, 5) is 11.0. The van der Waals surface area contributed by atoms with Gasteiger partial charge in [-0.25, -0.2) is 18.4 Å². The standard InChI is InChI=1S/C26H30N4O2S3/c1-2-3-16-30-24-13-12-22(35(31,32)29-14-8-5-9-15-29)17-23(24)28-26(30)33-19-21-18-27-25(34-21)20-10-6-4-7-11-20/h4,6-7,10-13,17-18H,2-3,5,8-9,14-16,19H2,1H3. The van der Waals surface area contributed by atoms with Crippen molar-refractivity contribution in [3.05, 3.63) is 59.6 Å². The van der Waals surface area contributed by atoms with Crippen LogP contribution in [0, 0.1) is 0 Å². The van der Waals surface area contributed by atoms with Gasteiger partial charge < -0.3 is 4.57 Å². The van der Waals surface area contributed by atoms with E-state index in [2.05, 4.69) is 28.6 Å². The summed E-state index contributed by atoms with van der Waals surface area (Å²) in [6.07, 6.45) is 7.03. The molecule has 0 bridgehead atoms. The molecule has 1 saturated heterocycles. The number of aryl methyl sites for hydroxylation is 1. The van der Waals surface area contributed by atoms with Gasteiger partial charge in [-0.3, -0.25) is 0 Å². The molecule has 1 fully saturated rings. The fraction of sp³-hybridized carbons (Fsp3) is 0.385. The van der Waals surface area contributed by atoms with E-state index in [-0.39, 0.29) is 0 Å². The van der Waals surface area contributed by atoms with Gasteiger partial charge in [0.2, 0.25) is 10.0 Å². The van der Waals surface area contributed by atoms with Crippen LogP contribution in [0.5, 0.6) is 0 Å². The third-order valence-electron chi connectivity index (χ3n) is 6.29. The summed E-state index contributed by atoms with van der Waals surface area (Å²) in [7, 11) is -3.48. The normalized spacial score (nSPS) is 15.1. The van der Waals surface area contributed by atoms with Crippen molar-refractivity contribution >= 4 is 44.2 Å². The van der Waals surface area contributed by atoms with Gasteiger partial charge >= 0.3 is 0 Å². The summed E-state index contributed by atoms with van der Waals surface area (Å²) in [5, 5.41) is 1.95. The van der Waals surface area contributed by atoms with Crippen LogP contribution in [0.25, 0.3) is 21.6 Å². The molecule has 184 valence electrons. The molecule has 0 unspecified atom stereocenters. The van der Waals surface area contributed by atoms with Gasteiger partial charge in [0.05, 0.1) is 15.9 Å². The number of aromatic nitrogens is 3. The van der Waals surface area contributed by atoms with Crippen LogP contribution >= 0.6 is 23.1 Å². The third kappa shape index (κ3) is 5.33. The number of piperidine rings is 1. The number of thiazole rings is 1. The van der Waals surface area contributed by atoms with Crippen LogP contribution in [-0.4, -0.2) is 40.3 Å². The lowest BCUT2D eigenvalue weighted by molar-refractivity contribution is 0.346. The molecule has 5 rings (SSSR count). The van der Waals surface area contributed by atoms with Gasteiger partial charge in [-0.15, -0.1) is 11.3 Å². The SMILES string of the molecule is CCCCn1c(SCc2cnc(-c3ccccc3)s2)nc2cc(S(=O)(=O)N3CCCCC3)ccc21. The van der Waals surface area contributed by atoms with Crippen LogP contribution < -0.4 is 0 Å². The molecule has 2 aromatic carbocycles. The van der Waals surface area contributed by atoms with Crippen LogP contribution in [0.4, 0.5) is 0 Å². The van der Waals surface area contributed by atoms with E-state index in [1.807, 2.05) is 30.5 Å². The highest BCUT2D eigenvalue weighted by Crippen LogP contribution is 2.33. The number of rotatable bonds is 9. The van der Waals surface area contributed by atoms with Gasteiger partial charge in [0.15, 0.2) is 5.16 Å². The number of nitrogens with zero attached hydrogens (tertiary/aromatic N) is 4. The molecule has 9 heteroatoms. The van der Waals surface area contributed by atoms with Crippen LogP contribution in [0.1, 0.15) is 43.9 Å². The minimum Gasteiger partial charge on any atom is -0.319 e. The highest BCUT2D eigenvalue weighted by atomic mass is 32.2. The van der Waals surface area contributed by atoms with Gasteiger partial charge in [0.1, 0.15) is 5.01 Å². The molecule has 1 aliphatic heterocycles. The van der Waals surface area contributed by atoms with E-state index >= 15 is 0 Å². The van der Waals surface area contributed by atoms with Crippen LogP contribution in [-0.2, 0) is 22.3 Å². The third-order valence-corrected chi connectivity index (χ3v) is 10.4. The Bertz CT molecular complexity index is 1390. The lowest BCUT2D eigenvalue weighted by Crippen LogP contribution is -2.35. The zero-order chi connectivity index (χ0) is 24.3. The summed E-state index contributed by atoms with van der Waals surface area (Å²) < 4.78 is 30.3. The summed E-state index contributed by atoms with van der Waals surface area (Å²) in [6.45, 7) is 4.25. The first-order valence-electron chi connectivity index (χ1n) is 12.2. The molecule has 2 aromatic heterocycles. The van der Waals surface area contributed by atoms with E-state index in [0.29, 0.717) is 18.0 Å². The number of sulfonamides is 1. The maximum absolute atomic E-state index is 13.2. The van der Waals surface area contributed by atoms with E-state index in [1.54, 1.807) is 39.5 Å². The molecule has 0 saturated carbocycles. The number of unbranched alkanes of at least 4 members (excludes halogenated alkanes) is 1. The Labute approximate surface area is 215 Å². The van der Waals surface area contributed by atoms with Crippen molar-refractivity contribution in [2.75, 3.05) is 13.1 Å². The molecule has 1 aliphatic rings. The number of imidazole rings is 1. The van der Waals surface area contributed by atoms with E-state index in [1.165, 1.54) is 4.88 Å². The van der Waals surface area contributed by atoms with Crippen molar-refractivity contribution in [1.29, 1.82) is 0 Å². The second-order valence-corrected chi connectivity index (χ2v) is 12.8. The number of thioether (sulfide) groups is 1. The highest BCUT2D eigenvalue weighted by molar-refractivity contribution is 7.98. The average molecular weight is 527 g/mol. The number of benzene rings is 2. The van der Waals surface area contributed by atoms with Crippen molar-refractivity contribution in [3.8, 4) is 10.6 Å². The van der Waals surface area contributed by atoms with Crippen LogP contribution in [0.3, 0.4) is 0 Å². The summed E-state index contributed by atoms with van der Waals surface area (Å²) in [5.41, 5.74) is 2.87. The van der Waals surface area contributed by atoms with E-state index < -0.39 is 10.0 Å². The van der Waals surface area contributed by atoms with Crippen LogP contribution in [0.2, 0.25) is 0 Å². The van der Waals surface area contributed by atoms with Crippen molar-refractivity contribution in [2.45, 2.75) is 61.4 Å². The molecule has 0 amide bonds. The minimum atomic E-state index is -3.48. The average Bonchev–Trinajstić information content (AvgIpc) is 3.51. The second-order valence-electron chi connectivity index (χ2n) is 8.80. The van der Waals surface area contributed by atoms with Gasteiger partial charge in [-0.2, -0.15) is 4.31 Å². The molecule has 0 N–H and O–H groups in total. The molecule has 4 aromatic rings. The summed E-state index contributed by atoms with van der Waals surface area (Å²) in [5.74, 6) is 0.777. The first-order valence-corrected chi connectivity index (χ1v) is 15.4. The van der Waals surface area contributed by atoms with Crippen molar-refractivity contribution < 1.29 is 8.42 Å². The Kier molecular flexibility index (Phi) is 7.57. The monoisotopic (exact) mass is 526 g/mol. The predicted octanol–water partition coefficient (Wildman–Crippen LogP) is 6.43. The first kappa shape index (κ1) is 24.5. The largest absolute Gasteiger partial charge is 0.319 e. The Morgan fingerprint density at radius 2 is 1.86 bits per heavy atom. The molecular weight excluding hydrogens is 497 g/mol. The van der Waals surface area contributed by atoms with Gasteiger partial charge in [-0.05, 0) is 37.5 Å². The first-order chi connectivity index (χ1) is 17.1. The number of hydrogen-bond acceptors (Lipinski definition) is 6. The van der Waals surface area contributed by atoms with E-state index in [0.717, 1.165) is 71.2 Å². The Balaban J connectivity index is 1.40. The Hall–Kier alpha value is -2.20. The zero-order valence-corrected chi connectivity index (χ0v) is 22.3. The molecule has 35 heavy (non-hydrogen) atoms. The quantitative estimate of drug-likeness (QED) is 0.235. The fourth-order valence-electron chi connectivity index (χ4n) is 4.37. The zero-order valence-electron chi connectivity index (χ0n) is 19.9.